The van der Waals surface area contributed by atoms with E-state index in [1.165, 1.54) is 12.1 Å². The van der Waals surface area contributed by atoms with Crippen LogP contribution < -0.4 is 9.16 Å². The van der Waals surface area contributed by atoms with E-state index in [1.807, 2.05) is 20.8 Å². The molecule has 1 atom stereocenters. The molecule has 0 radical (unpaired) electrons. The standard InChI is InChI=1S/C19H31F2NO3SSi/c1-13(22-26(23)18(2,3)4)15-11-10-14(24-17(20)21)12-16(15)25-27(8,9)19(5,6)7/h10-12,17H,1-9H3/b22-13+. The Morgan fingerprint density at radius 2 is 1.70 bits per heavy atom. The quantitative estimate of drug-likeness (QED) is 0.423. The van der Waals surface area contributed by atoms with Crippen molar-refractivity contribution in [3.8, 4) is 11.5 Å². The van der Waals surface area contributed by atoms with E-state index in [0.29, 0.717) is 17.0 Å². The first kappa shape index (κ1) is 23.8. The predicted octanol–water partition coefficient (Wildman–Crippen LogP) is 5.94. The molecule has 0 N–H and O–H groups in total. The average molecular weight is 420 g/mol. The van der Waals surface area contributed by atoms with Gasteiger partial charge in [0.05, 0.1) is 10.5 Å². The minimum absolute atomic E-state index is 0.0206. The molecule has 0 saturated heterocycles. The van der Waals surface area contributed by atoms with Crippen molar-refractivity contribution in [2.45, 2.75) is 78.0 Å². The number of hydrogen-bond donors (Lipinski definition) is 0. The second-order valence-corrected chi connectivity index (χ2v) is 15.6. The van der Waals surface area contributed by atoms with Crippen molar-refractivity contribution in [2.75, 3.05) is 0 Å². The van der Waals surface area contributed by atoms with E-state index < -0.39 is 30.7 Å². The van der Waals surface area contributed by atoms with Crippen molar-refractivity contribution in [3.63, 3.8) is 0 Å². The zero-order valence-electron chi connectivity index (χ0n) is 17.6. The molecule has 0 saturated carbocycles. The summed E-state index contributed by atoms with van der Waals surface area (Å²) in [5.74, 6) is 0.444. The molecule has 0 aromatic heterocycles. The lowest BCUT2D eigenvalue weighted by molar-refractivity contribution is -0.0499. The molecular formula is C19H31F2NO3SSi. The zero-order valence-corrected chi connectivity index (χ0v) is 19.5. The van der Waals surface area contributed by atoms with Gasteiger partial charge in [0.1, 0.15) is 22.5 Å². The third kappa shape index (κ3) is 6.67. The van der Waals surface area contributed by atoms with Gasteiger partial charge in [-0.05, 0) is 58.0 Å². The van der Waals surface area contributed by atoms with Gasteiger partial charge in [0.15, 0.2) is 0 Å². The van der Waals surface area contributed by atoms with Crippen LogP contribution in [-0.4, -0.2) is 29.6 Å². The van der Waals surface area contributed by atoms with Crippen LogP contribution in [0.4, 0.5) is 8.78 Å². The summed E-state index contributed by atoms with van der Waals surface area (Å²) in [6, 6.07) is 4.53. The first-order chi connectivity index (χ1) is 12.0. The molecule has 0 aliphatic carbocycles. The number of ether oxygens (including phenoxy) is 1. The summed E-state index contributed by atoms with van der Waals surface area (Å²) in [5, 5.41) is -0.0802. The normalized spacial score (nSPS) is 15.0. The molecule has 27 heavy (non-hydrogen) atoms. The van der Waals surface area contributed by atoms with Crippen LogP contribution in [0.15, 0.2) is 22.6 Å². The van der Waals surface area contributed by atoms with Crippen LogP contribution >= 0.6 is 0 Å². The third-order valence-corrected chi connectivity index (χ3v) is 10.3. The molecular weight excluding hydrogens is 388 g/mol. The largest absolute Gasteiger partial charge is 0.543 e. The number of benzene rings is 1. The van der Waals surface area contributed by atoms with Crippen LogP contribution in [0.5, 0.6) is 11.5 Å². The minimum atomic E-state index is -2.92. The fourth-order valence-corrected chi connectivity index (χ4v) is 3.45. The molecule has 154 valence electrons. The molecule has 0 bridgehead atoms. The van der Waals surface area contributed by atoms with Crippen LogP contribution in [0.3, 0.4) is 0 Å². The third-order valence-electron chi connectivity index (χ3n) is 4.48. The monoisotopic (exact) mass is 419 g/mol. The maximum atomic E-state index is 12.6. The highest BCUT2D eigenvalue weighted by Gasteiger charge is 2.39. The van der Waals surface area contributed by atoms with Gasteiger partial charge in [-0.15, -0.1) is 0 Å². The van der Waals surface area contributed by atoms with E-state index in [1.54, 1.807) is 13.0 Å². The molecule has 1 unspecified atom stereocenters. The SMILES string of the molecule is C/C(=N\S(=O)C(C)(C)C)c1ccc(OC(F)F)cc1O[Si](C)(C)C(C)(C)C. The van der Waals surface area contributed by atoms with Crippen LogP contribution in [0.25, 0.3) is 0 Å². The summed E-state index contributed by atoms with van der Waals surface area (Å²) in [6.45, 7) is 14.8. The van der Waals surface area contributed by atoms with Crippen LogP contribution in [-0.2, 0) is 11.0 Å². The summed E-state index contributed by atoms with van der Waals surface area (Å²) >= 11 is 0. The van der Waals surface area contributed by atoms with Gasteiger partial charge in [-0.3, -0.25) is 0 Å². The summed E-state index contributed by atoms with van der Waals surface area (Å²) in [6.07, 6.45) is 0. The molecule has 0 heterocycles. The summed E-state index contributed by atoms with van der Waals surface area (Å²) in [4.78, 5) is 0. The average Bonchev–Trinajstić information content (AvgIpc) is 2.43. The molecule has 0 aliphatic rings. The number of nitrogens with zero attached hydrogens (tertiary/aromatic N) is 1. The van der Waals surface area contributed by atoms with Crippen molar-refractivity contribution in [1.82, 2.24) is 0 Å². The Bertz CT molecular complexity index is 723. The van der Waals surface area contributed by atoms with Gasteiger partial charge in [-0.2, -0.15) is 13.2 Å². The maximum absolute atomic E-state index is 12.6. The van der Waals surface area contributed by atoms with Crippen LogP contribution in [0, 0.1) is 0 Å². The Morgan fingerprint density at radius 1 is 1.15 bits per heavy atom. The Kier molecular flexibility index (Phi) is 7.38. The van der Waals surface area contributed by atoms with Gasteiger partial charge in [0.25, 0.3) is 8.32 Å². The Morgan fingerprint density at radius 3 is 2.15 bits per heavy atom. The molecule has 0 amide bonds. The second kappa shape index (κ2) is 8.39. The molecule has 0 fully saturated rings. The van der Waals surface area contributed by atoms with Gasteiger partial charge in [0.2, 0.25) is 0 Å². The summed E-state index contributed by atoms with van der Waals surface area (Å²) in [7, 11) is -3.67. The van der Waals surface area contributed by atoms with Gasteiger partial charge in [-0.25, -0.2) is 4.21 Å². The number of rotatable bonds is 6. The Balaban J connectivity index is 3.43. The predicted molar refractivity (Wildman–Crippen MR) is 111 cm³/mol. The topological polar surface area (TPSA) is 47.9 Å². The highest BCUT2D eigenvalue weighted by atomic mass is 32.2. The maximum Gasteiger partial charge on any atom is 0.387 e. The van der Waals surface area contributed by atoms with Crippen molar-refractivity contribution >= 4 is 25.0 Å². The second-order valence-electron chi connectivity index (χ2n) is 8.94. The highest BCUT2D eigenvalue weighted by molar-refractivity contribution is 7.85. The van der Waals surface area contributed by atoms with E-state index >= 15 is 0 Å². The Hall–Kier alpha value is -1.28. The van der Waals surface area contributed by atoms with Gasteiger partial charge >= 0.3 is 6.61 Å². The number of alkyl halides is 2. The molecule has 0 aliphatic heterocycles. The van der Waals surface area contributed by atoms with E-state index in [0.717, 1.165) is 0 Å². The number of halogens is 2. The molecule has 8 heteroatoms. The molecule has 1 rings (SSSR count). The van der Waals surface area contributed by atoms with E-state index in [4.69, 9.17) is 4.43 Å². The molecule has 1 aromatic carbocycles. The lowest BCUT2D eigenvalue weighted by Gasteiger charge is -2.37. The van der Waals surface area contributed by atoms with Crippen molar-refractivity contribution < 1.29 is 22.2 Å². The number of hydrogen-bond acceptors (Lipinski definition) is 3. The minimum Gasteiger partial charge on any atom is -0.543 e. The van der Waals surface area contributed by atoms with Gasteiger partial charge < -0.3 is 9.16 Å². The van der Waals surface area contributed by atoms with Gasteiger partial charge in [0, 0.05) is 11.6 Å². The van der Waals surface area contributed by atoms with Crippen LogP contribution in [0.2, 0.25) is 18.1 Å². The van der Waals surface area contributed by atoms with E-state index in [-0.39, 0.29) is 10.8 Å². The van der Waals surface area contributed by atoms with E-state index in [9.17, 15) is 13.0 Å². The van der Waals surface area contributed by atoms with Crippen molar-refractivity contribution in [2.24, 2.45) is 4.40 Å². The zero-order chi connectivity index (χ0) is 21.2. The lowest BCUT2D eigenvalue weighted by Crippen LogP contribution is -2.44. The van der Waals surface area contributed by atoms with E-state index in [2.05, 4.69) is 43.0 Å². The lowest BCUT2D eigenvalue weighted by atomic mass is 10.1. The highest BCUT2D eigenvalue weighted by Crippen LogP contribution is 2.39. The van der Waals surface area contributed by atoms with Crippen LogP contribution in [0.1, 0.15) is 54.0 Å². The first-order valence-electron chi connectivity index (χ1n) is 8.80. The summed E-state index contributed by atoms with van der Waals surface area (Å²) in [5.41, 5.74) is 1.15. The Labute approximate surface area is 165 Å². The molecule has 1 aromatic rings. The van der Waals surface area contributed by atoms with Crippen molar-refractivity contribution in [3.05, 3.63) is 23.8 Å². The first-order valence-corrected chi connectivity index (χ1v) is 12.8. The van der Waals surface area contributed by atoms with Crippen molar-refractivity contribution in [1.29, 1.82) is 0 Å². The summed E-state index contributed by atoms with van der Waals surface area (Å²) < 4.78 is 52.3. The fourth-order valence-electron chi connectivity index (χ4n) is 1.80. The smallest absolute Gasteiger partial charge is 0.387 e. The molecule has 4 nitrogen and oxygen atoms in total. The molecule has 0 spiro atoms. The van der Waals surface area contributed by atoms with Gasteiger partial charge in [-0.1, -0.05) is 20.8 Å². The fraction of sp³-hybridized carbons (Fsp3) is 0.632.